The number of hydrogen-bond acceptors (Lipinski definition) is 2. The highest BCUT2D eigenvalue weighted by molar-refractivity contribution is 9.09. The van der Waals surface area contributed by atoms with Crippen molar-refractivity contribution in [2.45, 2.75) is 27.2 Å². The minimum absolute atomic E-state index is 0.208. The summed E-state index contributed by atoms with van der Waals surface area (Å²) in [6, 6.07) is 0. The lowest BCUT2D eigenvalue weighted by Gasteiger charge is -2.07. The summed E-state index contributed by atoms with van der Waals surface area (Å²) in [5.74, 6) is 0.367. The van der Waals surface area contributed by atoms with Crippen LogP contribution in [0.1, 0.15) is 27.2 Å². The van der Waals surface area contributed by atoms with Crippen molar-refractivity contribution < 1.29 is 9.53 Å². The standard InChI is InChI=1S/C10H17BrO2/c1-4-9(7-11)10(12)13-6-5-8(2)3/h4,8H,5-7H2,1-3H3/b9-4+. The molecule has 0 aliphatic rings. The monoisotopic (exact) mass is 248 g/mol. The average molecular weight is 249 g/mol. The predicted molar refractivity (Wildman–Crippen MR) is 58.0 cm³/mol. The molecule has 0 aromatic carbocycles. The maximum Gasteiger partial charge on any atom is 0.334 e. The fourth-order valence-electron chi connectivity index (χ4n) is 0.730. The quantitative estimate of drug-likeness (QED) is 0.425. The van der Waals surface area contributed by atoms with Gasteiger partial charge >= 0.3 is 5.97 Å². The SMILES string of the molecule is C/C=C(\CBr)C(=O)OCCC(C)C. The molecule has 0 unspecified atom stereocenters. The molecule has 0 N–H and O–H groups in total. The van der Waals surface area contributed by atoms with Gasteiger partial charge in [0, 0.05) is 10.9 Å². The van der Waals surface area contributed by atoms with E-state index in [4.69, 9.17) is 4.74 Å². The van der Waals surface area contributed by atoms with Crippen LogP contribution in [0.2, 0.25) is 0 Å². The highest BCUT2D eigenvalue weighted by Crippen LogP contribution is 2.05. The molecule has 0 radical (unpaired) electrons. The van der Waals surface area contributed by atoms with Gasteiger partial charge in [-0.15, -0.1) is 0 Å². The minimum atomic E-state index is -0.208. The van der Waals surface area contributed by atoms with E-state index in [0.29, 0.717) is 23.4 Å². The second kappa shape index (κ2) is 7.13. The Morgan fingerprint density at radius 2 is 2.15 bits per heavy atom. The molecule has 0 heterocycles. The topological polar surface area (TPSA) is 26.3 Å². The highest BCUT2D eigenvalue weighted by Gasteiger charge is 2.07. The van der Waals surface area contributed by atoms with E-state index in [9.17, 15) is 4.79 Å². The Bertz CT molecular complexity index is 185. The van der Waals surface area contributed by atoms with Gasteiger partial charge in [-0.1, -0.05) is 35.9 Å². The number of halogens is 1. The molecule has 0 rings (SSSR count). The van der Waals surface area contributed by atoms with E-state index in [1.54, 1.807) is 6.08 Å². The molecular weight excluding hydrogens is 232 g/mol. The molecule has 0 saturated heterocycles. The van der Waals surface area contributed by atoms with Crippen LogP contribution < -0.4 is 0 Å². The van der Waals surface area contributed by atoms with E-state index in [1.165, 1.54) is 0 Å². The number of hydrogen-bond donors (Lipinski definition) is 0. The molecule has 3 heteroatoms. The Kier molecular flexibility index (Phi) is 6.96. The molecule has 0 bridgehead atoms. The number of ether oxygens (including phenoxy) is 1. The first kappa shape index (κ1) is 12.7. The van der Waals surface area contributed by atoms with Gasteiger partial charge in [-0.3, -0.25) is 0 Å². The van der Waals surface area contributed by atoms with Gasteiger partial charge in [0.15, 0.2) is 0 Å². The molecule has 0 atom stereocenters. The van der Waals surface area contributed by atoms with Crippen molar-refractivity contribution in [3.63, 3.8) is 0 Å². The third-order valence-electron chi connectivity index (χ3n) is 1.68. The highest BCUT2D eigenvalue weighted by atomic mass is 79.9. The molecule has 0 fully saturated rings. The Morgan fingerprint density at radius 1 is 1.54 bits per heavy atom. The molecule has 0 aliphatic heterocycles. The molecule has 76 valence electrons. The first-order chi connectivity index (χ1) is 6.11. The smallest absolute Gasteiger partial charge is 0.334 e. The van der Waals surface area contributed by atoms with E-state index in [-0.39, 0.29) is 5.97 Å². The molecule has 0 saturated carbocycles. The summed E-state index contributed by atoms with van der Waals surface area (Å²) in [6.45, 7) is 6.56. The van der Waals surface area contributed by atoms with Gasteiger partial charge in [-0.25, -0.2) is 4.79 Å². The third-order valence-corrected chi connectivity index (χ3v) is 2.29. The van der Waals surface area contributed by atoms with Gasteiger partial charge in [-0.05, 0) is 19.3 Å². The molecule has 0 amide bonds. The molecule has 0 spiro atoms. The largest absolute Gasteiger partial charge is 0.462 e. The van der Waals surface area contributed by atoms with Crippen LogP contribution in [0.3, 0.4) is 0 Å². The Labute approximate surface area is 88.5 Å². The molecule has 0 aliphatic carbocycles. The van der Waals surface area contributed by atoms with Crippen molar-refractivity contribution in [2.24, 2.45) is 5.92 Å². The summed E-state index contributed by atoms with van der Waals surface area (Å²) in [5.41, 5.74) is 0.684. The van der Waals surface area contributed by atoms with Crippen LogP contribution >= 0.6 is 15.9 Å². The summed E-state index contributed by atoms with van der Waals surface area (Å²) in [5, 5.41) is 0.560. The van der Waals surface area contributed by atoms with Crippen LogP contribution in [0.25, 0.3) is 0 Å². The fourth-order valence-corrected chi connectivity index (χ4v) is 1.28. The zero-order chi connectivity index (χ0) is 10.3. The Balaban J connectivity index is 3.74. The van der Waals surface area contributed by atoms with E-state index >= 15 is 0 Å². The summed E-state index contributed by atoms with van der Waals surface area (Å²) in [4.78, 5) is 11.3. The molecular formula is C10H17BrO2. The first-order valence-electron chi connectivity index (χ1n) is 4.50. The van der Waals surface area contributed by atoms with Crippen LogP contribution in [0.4, 0.5) is 0 Å². The number of alkyl halides is 1. The predicted octanol–water partition coefficient (Wildman–Crippen LogP) is 2.92. The fraction of sp³-hybridized carbons (Fsp3) is 0.700. The normalized spacial score (nSPS) is 11.9. The van der Waals surface area contributed by atoms with Crippen molar-refractivity contribution >= 4 is 21.9 Å². The Hall–Kier alpha value is -0.310. The number of allylic oxidation sites excluding steroid dienone is 1. The van der Waals surface area contributed by atoms with Crippen LogP contribution in [0.5, 0.6) is 0 Å². The molecule has 0 aromatic rings. The average Bonchev–Trinajstić information content (AvgIpc) is 2.05. The van der Waals surface area contributed by atoms with Crippen molar-refractivity contribution in [1.29, 1.82) is 0 Å². The maximum absolute atomic E-state index is 11.3. The number of carbonyl (C=O) groups excluding carboxylic acids is 1. The van der Waals surface area contributed by atoms with E-state index in [0.717, 1.165) is 6.42 Å². The van der Waals surface area contributed by atoms with Crippen molar-refractivity contribution in [3.8, 4) is 0 Å². The molecule has 13 heavy (non-hydrogen) atoms. The molecule has 0 aromatic heterocycles. The van der Waals surface area contributed by atoms with Crippen molar-refractivity contribution in [2.75, 3.05) is 11.9 Å². The van der Waals surface area contributed by atoms with Gasteiger partial charge in [0.05, 0.1) is 6.61 Å². The van der Waals surface area contributed by atoms with Crippen LogP contribution in [0.15, 0.2) is 11.6 Å². The lowest BCUT2D eigenvalue weighted by Crippen LogP contribution is -2.10. The second-order valence-corrected chi connectivity index (χ2v) is 3.83. The van der Waals surface area contributed by atoms with Gasteiger partial charge in [-0.2, -0.15) is 0 Å². The van der Waals surface area contributed by atoms with Crippen molar-refractivity contribution in [3.05, 3.63) is 11.6 Å². The zero-order valence-corrected chi connectivity index (χ0v) is 10.1. The summed E-state index contributed by atoms with van der Waals surface area (Å²) in [6.07, 6.45) is 2.69. The van der Waals surface area contributed by atoms with Gasteiger partial charge in [0.1, 0.15) is 0 Å². The lowest BCUT2D eigenvalue weighted by molar-refractivity contribution is -0.139. The van der Waals surface area contributed by atoms with Gasteiger partial charge < -0.3 is 4.74 Å². The van der Waals surface area contributed by atoms with E-state index in [2.05, 4.69) is 29.8 Å². The minimum Gasteiger partial charge on any atom is -0.462 e. The molecule has 2 nitrogen and oxygen atoms in total. The number of rotatable bonds is 5. The maximum atomic E-state index is 11.3. The van der Waals surface area contributed by atoms with Gasteiger partial charge in [0.2, 0.25) is 0 Å². The first-order valence-corrected chi connectivity index (χ1v) is 5.62. The van der Waals surface area contributed by atoms with Crippen LogP contribution in [-0.4, -0.2) is 17.9 Å². The summed E-state index contributed by atoms with van der Waals surface area (Å²) < 4.78 is 5.06. The zero-order valence-electron chi connectivity index (χ0n) is 8.47. The Morgan fingerprint density at radius 3 is 2.54 bits per heavy atom. The lowest BCUT2D eigenvalue weighted by atomic mass is 10.1. The van der Waals surface area contributed by atoms with Crippen LogP contribution in [-0.2, 0) is 9.53 Å². The summed E-state index contributed by atoms with van der Waals surface area (Å²) >= 11 is 3.23. The van der Waals surface area contributed by atoms with Crippen molar-refractivity contribution in [1.82, 2.24) is 0 Å². The summed E-state index contributed by atoms with van der Waals surface area (Å²) in [7, 11) is 0. The third kappa shape index (κ3) is 5.86. The number of esters is 1. The van der Waals surface area contributed by atoms with E-state index in [1.807, 2.05) is 6.92 Å². The van der Waals surface area contributed by atoms with E-state index < -0.39 is 0 Å². The second-order valence-electron chi connectivity index (χ2n) is 3.27. The number of carbonyl (C=O) groups is 1. The van der Waals surface area contributed by atoms with Gasteiger partial charge in [0.25, 0.3) is 0 Å². The van der Waals surface area contributed by atoms with Crippen LogP contribution in [0, 0.1) is 5.92 Å².